The zero-order valence-electron chi connectivity index (χ0n) is 37.9. The molecule has 6 unspecified atom stereocenters. The van der Waals surface area contributed by atoms with Gasteiger partial charge in [0.25, 0.3) is 0 Å². The van der Waals surface area contributed by atoms with Gasteiger partial charge >= 0.3 is 0 Å². The normalized spacial score (nSPS) is 18.6. The molecule has 0 aromatic heterocycles. The number of rotatable bonds is 28. The smallest absolute Gasteiger partial charge is 0.119 e. The SMILES string of the molecule is CC(COc1ccc(C(C)(C)c2ccc(OCC(C)OCC3CO3)cc2)cc1)OCC(O)COC(C)COc1ccc(C(C)(C)c2ccc(OCC(C)OCC3CO3)cc2)cc1. The Balaban J connectivity index is 0.836. The summed E-state index contributed by atoms with van der Waals surface area (Å²) < 4.78 is 57.6. The number of benzene rings is 4. The lowest BCUT2D eigenvalue weighted by atomic mass is 9.78. The molecule has 11 heteroatoms. The van der Waals surface area contributed by atoms with Crippen molar-refractivity contribution >= 4 is 0 Å². The standard InChI is InChI=1S/C51H68O11/c1-35(25-57-44-17-9-39(10-18-44)50(5,6)41-13-21-46(22-14-41)59-27-37(3)55-31-48-33-61-48)53-29-43(52)30-54-36(2)26-58-45-19-11-40(12-20-45)51(7,8)42-15-23-47(24-16-42)60-28-38(4)56-32-49-34-62-49/h9-24,35-38,43,48-49,52H,25-34H2,1-8H3. The molecule has 2 aliphatic heterocycles. The largest absolute Gasteiger partial charge is 0.491 e. The van der Waals surface area contributed by atoms with Crippen LogP contribution in [0.5, 0.6) is 23.0 Å². The summed E-state index contributed by atoms with van der Waals surface area (Å²) in [6.07, 6.45) is -0.726. The molecule has 6 rings (SSSR count). The third kappa shape index (κ3) is 15.0. The van der Waals surface area contributed by atoms with Crippen molar-refractivity contribution in [3.8, 4) is 23.0 Å². The number of aliphatic hydroxyl groups is 1. The van der Waals surface area contributed by atoms with E-state index < -0.39 is 6.10 Å². The van der Waals surface area contributed by atoms with E-state index in [0.29, 0.717) is 39.6 Å². The van der Waals surface area contributed by atoms with E-state index >= 15 is 0 Å². The Morgan fingerprint density at radius 3 is 0.919 bits per heavy atom. The lowest BCUT2D eigenvalue weighted by molar-refractivity contribution is -0.0678. The van der Waals surface area contributed by atoms with Crippen LogP contribution < -0.4 is 18.9 Å². The van der Waals surface area contributed by atoms with E-state index in [0.717, 1.165) is 36.2 Å². The van der Waals surface area contributed by atoms with Crippen molar-refractivity contribution in [1.82, 2.24) is 0 Å². The Bertz CT molecular complexity index is 1750. The van der Waals surface area contributed by atoms with Crippen LogP contribution in [-0.2, 0) is 39.3 Å². The predicted octanol–water partition coefficient (Wildman–Crippen LogP) is 8.33. The van der Waals surface area contributed by atoms with Crippen LogP contribution in [-0.4, -0.2) is 114 Å². The summed E-state index contributed by atoms with van der Waals surface area (Å²) in [4.78, 5) is 0. The number of hydrogen-bond donors (Lipinski definition) is 1. The van der Waals surface area contributed by atoms with Gasteiger partial charge in [-0.25, -0.2) is 0 Å². The zero-order valence-corrected chi connectivity index (χ0v) is 37.9. The molecule has 0 bridgehead atoms. The predicted molar refractivity (Wildman–Crippen MR) is 239 cm³/mol. The van der Waals surface area contributed by atoms with Crippen molar-refractivity contribution in [2.75, 3.05) is 66.1 Å². The third-order valence-corrected chi connectivity index (χ3v) is 11.3. The highest BCUT2D eigenvalue weighted by atomic mass is 16.6. The highest BCUT2D eigenvalue weighted by Crippen LogP contribution is 2.35. The van der Waals surface area contributed by atoms with E-state index in [4.69, 9.17) is 47.4 Å². The topological polar surface area (TPSA) is 119 Å². The van der Waals surface area contributed by atoms with Crippen LogP contribution in [0.25, 0.3) is 0 Å². The Hall–Kier alpha value is -4.20. The van der Waals surface area contributed by atoms with Gasteiger partial charge < -0.3 is 52.5 Å². The van der Waals surface area contributed by atoms with Crippen LogP contribution in [0.3, 0.4) is 0 Å². The molecule has 338 valence electrons. The van der Waals surface area contributed by atoms with Crippen LogP contribution in [0.4, 0.5) is 0 Å². The van der Waals surface area contributed by atoms with Gasteiger partial charge in [-0.2, -0.15) is 0 Å². The zero-order chi connectivity index (χ0) is 44.1. The summed E-state index contributed by atoms with van der Waals surface area (Å²) in [6.45, 7) is 21.5. The highest BCUT2D eigenvalue weighted by molar-refractivity contribution is 5.43. The van der Waals surface area contributed by atoms with E-state index in [1.807, 2.05) is 76.2 Å². The maximum Gasteiger partial charge on any atom is 0.119 e. The molecule has 4 aromatic carbocycles. The minimum Gasteiger partial charge on any atom is -0.491 e. The molecule has 0 spiro atoms. The van der Waals surface area contributed by atoms with Gasteiger partial charge in [0.1, 0.15) is 67.7 Å². The monoisotopic (exact) mass is 856 g/mol. The Morgan fingerprint density at radius 1 is 0.435 bits per heavy atom. The summed E-state index contributed by atoms with van der Waals surface area (Å²) in [5.41, 5.74) is 4.28. The molecule has 0 aliphatic carbocycles. The molecular weight excluding hydrogens is 789 g/mol. The first kappa shape index (κ1) is 47.3. The van der Waals surface area contributed by atoms with Gasteiger partial charge in [-0.15, -0.1) is 0 Å². The van der Waals surface area contributed by atoms with E-state index in [1.165, 1.54) is 22.3 Å². The first-order chi connectivity index (χ1) is 29.7. The molecule has 0 radical (unpaired) electrons. The number of epoxide rings is 2. The van der Waals surface area contributed by atoms with Crippen molar-refractivity contribution in [3.63, 3.8) is 0 Å². The van der Waals surface area contributed by atoms with Crippen molar-refractivity contribution in [2.24, 2.45) is 0 Å². The molecule has 2 fully saturated rings. The second kappa shape index (κ2) is 22.4. The van der Waals surface area contributed by atoms with Gasteiger partial charge in [-0.05, 0) is 98.5 Å². The molecule has 6 atom stereocenters. The van der Waals surface area contributed by atoms with Crippen LogP contribution >= 0.6 is 0 Å². The summed E-state index contributed by atoms with van der Waals surface area (Å²) in [6, 6.07) is 32.8. The van der Waals surface area contributed by atoms with Gasteiger partial charge in [0.05, 0.1) is 64.1 Å². The summed E-state index contributed by atoms with van der Waals surface area (Å²) in [5, 5.41) is 10.6. The third-order valence-electron chi connectivity index (χ3n) is 11.3. The minimum atomic E-state index is -0.778. The lowest BCUT2D eigenvalue weighted by Crippen LogP contribution is -2.30. The van der Waals surface area contributed by atoms with Crippen LogP contribution in [0.15, 0.2) is 97.1 Å². The summed E-state index contributed by atoms with van der Waals surface area (Å²) in [5.74, 6) is 3.15. The maximum atomic E-state index is 10.6. The van der Waals surface area contributed by atoms with Gasteiger partial charge in [-0.3, -0.25) is 0 Å². The number of aliphatic hydroxyl groups excluding tert-OH is 1. The molecule has 1 N–H and O–H groups in total. The fourth-order valence-electron chi connectivity index (χ4n) is 6.72. The van der Waals surface area contributed by atoms with Crippen LogP contribution in [0.1, 0.15) is 77.6 Å². The molecule has 2 aliphatic rings. The van der Waals surface area contributed by atoms with E-state index in [2.05, 4.69) is 76.2 Å². The van der Waals surface area contributed by atoms with Gasteiger partial charge in [0, 0.05) is 10.8 Å². The van der Waals surface area contributed by atoms with Crippen LogP contribution in [0, 0.1) is 0 Å². The minimum absolute atomic E-state index is 0.000667. The molecule has 2 saturated heterocycles. The average molecular weight is 857 g/mol. The van der Waals surface area contributed by atoms with Crippen LogP contribution in [0.2, 0.25) is 0 Å². The average Bonchev–Trinajstić information content (AvgIpc) is 4.23. The highest BCUT2D eigenvalue weighted by Gasteiger charge is 2.26. The molecule has 0 saturated carbocycles. The first-order valence-electron chi connectivity index (χ1n) is 22.1. The fraction of sp³-hybridized carbons (Fsp3) is 0.529. The van der Waals surface area contributed by atoms with E-state index in [1.54, 1.807) is 0 Å². The molecule has 62 heavy (non-hydrogen) atoms. The summed E-state index contributed by atoms with van der Waals surface area (Å²) >= 11 is 0. The Kier molecular flexibility index (Phi) is 17.1. The number of ether oxygens (including phenoxy) is 10. The molecular formula is C51H68O11. The quantitative estimate of drug-likeness (QED) is 0.0556. The molecule has 11 nitrogen and oxygen atoms in total. The van der Waals surface area contributed by atoms with Gasteiger partial charge in [0.15, 0.2) is 0 Å². The van der Waals surface area contributed by atoms with E-state index in [-0.39, 0.29) is 60.7 Å². The van der Waals surface area contributed by atoms with Crippen molar-refractivity contribution in [1.29, 1.82) is 0 Å². The van der Waals surface area contributed by atoms with E-state index in [9.17, 15) is 5.11 Å². The Morgan fingerprint density at radius 2 is 0.677 bits per heavy atom. The first-order valence-corrected chi connectivity index (χ1v) is 22.1. The van der Waals surface area contributed by atoms with Gasteiger partial charge in [-0.1, -0.05) is 76.2 Å². The second-order valence-electron chi connectivity index (χ2n) is 17.7. The number of hydrogen-bond acceptors (Lipinski definition) is 11. The van der Waals surface area contributed by atoms with Crippen molar-refractivity contribution < 1.29 is 52.5 Å². The van der Waals surface area contributed by atoms with Gasteiger partial charge in [0.2, 0.25) is 0 Å². The molecule has 2 heterocycles. The summed E-state index contributed by atoms with van der Waals surface area (Å²) in [7, 11) is 0. The second-order valence-corrected chi connectivity index (χ2v) is 17.7. The fourth-order valence-corrected chi connectivity index (χ4v) is 6.72. The van der Waals surface area contributed by atoms with Crippen molar-refractivity contribution in [2.45, 2.75) is 109 Å². The van der Waals surface area contributed by atoms with Crippen molar-refractivity contribution in [3.05, 3.63) is 119 Å². The molecule has 4 aromatic rings. The molecule has 0 amide bonds. The Labute approximate surface area is 368 Å². The maximum absolute atomic E-state index is 10.6. The lowest BCUT2D eigenvalue weighted by Gasteiger charge is -2.27.